The van der Waals surface area contributed by atoms with Crippen LogP contribution < -0.4 is 16.0 Å². The van der Waals surface area contributed by atoms with Crippen LogP contribution in [0.1, 0.15) is 55.2 Å². The molecule has 0 unspecified atom stereocenters. The Morgan fingerprint density at radius 3 is 2.17 bits per heavy atom. The van der Waals surface area contributed by atoms with E-state index >= 15 is 0 Å². The molecule has 1 aromatic heterocycles. The summed E-state index contributed by atoms with van der Waals surface area (Å²) in [6.07, 6.45) is 0.967. The van der Waals surface area contributed by atoms with Crippen LogP contribution in [0.4, 0.5) is 0 Å². The van der Waals surface area contributed by atoms with Gasteiger partial charge >= 0.3 is 5.69 Å². The largest absolute Gasteiger partial charge is 0.497 e. The second-order valence-electron chi connectivity index (χ2n) is 12.1. The summed E-state index contributed by atoms with van der Waals surface area (Å²) in [4.78, 5) is 27.4. The Labute approximate surface area is 283 Å². The van der Waals surface area contributed by atoms with E-state index in [1.54, 1.807) is 35.6 Å². The van der Waals surface area contributed by atoms with Gasteiger partial charge in [-0.25, -0.2) is 4.79 Å². The molecule has 1 fully saturated rings. The molecule has 1 saturated heterocycles. The average molecular weight is 679 g/mol. The Kier molecular flexibility index (Phi) is 11.7. The monoisotopic (exact) mass is 678 g/mol. The third-order valence-corrected chi connectivity index (χ3v) is 11.3. The van der Waals surface area contributed by atoms with Crippen LogP contribution in [0.15, 0.2) is 101 Å². The summed E-state index contributed by atoms with van der Waals surface area (Å²) in [6, 6.07) is 28.0. The molecule has 1 aliphatic heterocycles. The Bertz CT molecular complexity index is 1660. The molecule has 0 bridgehead atoms. The molecule has 0 amide bonds. The zero-order valence-electron chi connectivity index (χ0n) is 27.1. The molecule has 5 rings (SSSR count). The van der Waals surface area contributed by atoms with E-state index in [2.05, 4.69) is 18.8 Å². The molecule has 11 heteroatoms. The third-order valence-electron chi connectivity index (χ3n) is 8.29. The second kappa shape index (κ2) is 15.7. The lowest BCUT2D eigenvalue weighted by atomic mass is 9.80. The van der Waals surface area contributed by atoms with E-state index in [4.69, 9.17) is 18.9 Å². The van der Waals surface area contributed by atoms with Crippen LogP contribution in [0, 0.1) is 6.92 Å². The number of hydrogen-bond donors (Lipinski definition) is 2. The number of aromatic amines is 1. The first-order valence-corrected chi connectivity index (χ1v) is 17.9. The van der Waals surface area contributed by atoms with Crippen molar-refractivity contribution in [3.05, 3.63) is 134 Å². The van der Waals surface area contributed by atoms with Crippen molar-refractivity contribution in [3.63, 3.8) is 0 Å². The van der Waals surface area contributed by atoms with Crippen LogP contribution in [0.3, 0.4) is 0 Å². The van der Waals surface area contributed by atoms with Gasteiger partial charge in [-0.15, -0.1) is 0 Å². The molecule has 3 aromatic carbocycles. The van der Waals surface area contributed by atoms with Crippen molar-refractivity contribution in [3.8, 4) is 5.75 Å². The fourth-order valence-electron chi connectivity index (χ4n) is 5.73. The second-order valence-corrected chi connectivity index (χ2v) is 15.0. The minimum Gasteiger partial charge on any atom is -0.497 e. The highest BCUT2D eigenvalue weighted by Gasteiger charge is 2.43. The fraction of sp³-hybridized carbons (Fsp3) is 0.389. The molecule has 9 nitrogen and oxygen atoms in total. The number of aliphatic hydroxyl groups excluding tert-OH is 1. The number of H-pyrrole nitrogens is 1. The van der Waals surface area contributed by atoms with Crippen molar-refractivity contribution in [2.75, 3.05) is 26.3 Å². The SMILES string of the molecule is COc1ccc(C(OC[C@H]2O[C@@H](n3cc(C)c(=O)[nH]c3=O)C[C@@H]2OCSSC(C)(C)CCO)(c2ccccc2)c2ccccc2)cc1. The number of benzene rings is 3. The van der Waals surface area contributed by atoms with E-state index in [0.717, 1.165) is 22.4 Å². The first-order valence-electron chi connectivity index (χ1n) is 15.6. The van der Waals surface area contributed by atoms with Gasteiger partial charge in [0.1, 0.15) is 29.6 Å². The molecule has 47 heavy (non-hydrogen) atoms. The maximum absolute atomic E-state index is 12.9. The highest BCUT2D eigenvalue weighted by molar-refractivity contribution is 8.77. The molecule has 0 saturated carbocycles. The Morgan fingerprint density at radius 1 is 0.957 bits per heavy atom. The van der Waals surface area contributed by atoms with Crippen LogP contribution in [-0.2, 0) is 19.8 Å². The van der Waals surface area contributed by atoms with Crippen LogP contribution in [0.5, 0.6) is 5.75 Å². The number of ether oxygens (including phenoxy) is 4. The molecule has 0 aliphatic carbocycles. The standard InChI is InChI=1S/C36H42N2O7S2/c1-25-22-38(34(41)37-33(25)40)32-21-30(43-24-46-47-35(2,3)19-20-39)31(45-32)23-44-36(26-11-7-5-8-12-26,27-13-9-6-10-14-27)28-15-17-29(42-4)18-16-28/h5-18,22,30-32,39H,19-21,23-24H2,1-4H3,(H,37,40,41)/t30-,31+,32+/m0/s1. The van der Waals surface area contributed by atoms with E-state index in [0.29, 0.717) is 24.3 Å². The first-order chi connectivity index (χ1) is 22.7. The topological polar surface area (TPSA) is 112 Å². The summed E-state index contributed by atoms with van der Waals surface area (Å²) >= 11 is 0. The summed E-state index contributed by atoms with van der Waals surface area (Å²) in [5.74, 6) is 1.11. The Morgan fingerprint density at radius 2 is 1.57 bits per heavy atom. The lowest BCUT2D eigenvalue weighted by Gasteiger charge is -2.37. The minimum atomic E-state index is -1.01. The third kappa shape index (κ3) is 8.22. The van der Waals surface area contributed by atoms with Crippen LogP contribution in [0.25, 0.3) is 0 Å². The normalized spacial score (nSPS) is 18.4. The van der Waals surface area contributed by atoms with Crippen LogP contribution >= 0.6 is 21.6 Å². The van der Waals surface area contributed by atoms with Crippen LogP contribution in [-0.4, -0.2) is 57.9 Å². The zero-order chi connectivity index (χ0) is 33.4. The van der Waals surface area contributed by atoms with Crippen molar-refractivity contribution in [1.82, 2.24) is 9.55 Å². The number of hydrogen-bond acceptors (Lipinski definition) is 9. The number of aliphatic hydroxyl groups is 1. The van der Waals surface area contributed by atoms with E-state index in [9.17, 15) is 14.7 Å². The molecule has 0 radical (unpaired) electrons. The summed E-state index contributed by atoms with van der Waals surface area (Å²) < 4.78 is 26.8. The van der Waals surface area contributed by atoms with Crippen molar-refractivity contribution >= 4 is 21.6 Å². The number of nitrogens with zero attached hydrogens (tertiary/aromatic N) is 1. The van der Waals surface area contributed by atoms with E-state index in [1.165, 1.54) is 10.8 Å². The van der Waals surface area contributed by atoms with Crippen LogP contribution in [0.2, 0.25) is 0 Å². The Hall–Kier alpha value is -3.32. The highest BCUT2D eigenvalue weighted by atomic mass is 33.1. The van der Waals surface area contributed by atoms with Gasteiger partial charge < -0.3 is 24.1 Å². The van der Waals surface area contributed by atoms with Gasteiger partial charge in [0.15, 0.2) is 0 Å². The van der Waals surface area contributed by atoms with Gasteiger partial charge in [-0.05, 0) is 56.0 Å². The van der Waals surface area contributed by atoms with E-state index in [1.807, 2.05) is 84.9 Å². The van der Waals surface area contributed by atoms with Gasteiger partial charge in [0, 0.05) is 29.5 Å². The van der Waals surface area contributed by atoms with Gasteiger partial charge in [0.2, 0.25) is 0 Å². The maximum atomic E-state index is 12.9. The molecule has 3 atom stereocenters. The average Bonchev–Trinajstić information content (AvgIpc) is 3.49. The van der Waals surface area contributed by atoms with Gasteiger partial charge in [0.25, 0.3) is 5.56 Å². The van der Waals surface area contributed by atoms with E-state index in [-0.39, 0.29) is 18.0 Å². The molecule has 4 aromatic rings. The van der Waals surface area contributed by atoms with Gasteiger partial charge in [-0.3, -0.25) is 14.3 Å². The molecular weight excluding hydrogens is 637 g/mol. The summed E-state index contributed by atoms with van der Waals surface area (Å²) in [6.45, 7) is 6.09. The fourth-order valence-corrected chi connectivity index (χ4v) is 8.03. The molecule has 2 heterocycles. The molecular formula is C36H42N2O7S2. The van der Waals surface area contributed by atoms with Crippen molar-refractivity contribution in [2.45, 2.75) is 62.4 Å². The Balaban J connectivity index is 1.48. The molecule has 2 N–H and O–H groups in total. The van der Waals surface area contributed by atoms with Crippen molar-refractivity contribution in [1.29, 1.82) is 0 Å². The minimum absolute atomic E-state index is 0.116. The lowest BCUT2D eigenvalue weighted by molar-refractivity contribution is -0.100. The predicted molar refractivity (Wildman–Crippen MR) is 187 cm³/mol. The quantitative estimate of drug-likeness (QED) is 0.0674. The van der Waals surface area contributed by atoms with Crippen molar-refractivity contribution in [2.24, 2.45) is 0 Å². The highest BCUT2D eigenvalue weighted by Crippen LogP contribution is 2.43. The lowest BCUT2D eigenvalue weighted by Crippen LogP contribution is -2.38. The predicted octanol–water partition coefficient (Wildman–Crippen LogP) is 6.03. The summed E-state index contributed by atoms with van der Waals surface area (Å²) in [7, 11) is 4.87. The van der Waals surface area contributed by atoms with Gasteiger partial charge in [-0.1, -0.05) is 94.4 Å². The maximum Gasteiger partial charge on any atom is 0.330 e. The van der Waals surface area contributed by atoms with Gasteiger partial charge in [-0.2, -0.15) is 0 Å². The zero-order valence-corrected chi connectivity index (χ0v) is 28.7. The number of rotatable bonds is 15. The van der Waals surface area contributed by atoms with Crippen molar-refractivity contribution < 1.29 is 24.1 Å². The number of aryl methyl sites for hydroxylation is 1. The number of aromatic nitrogens is 2. The molecule has 1 aliphatic rings. The summed E-state index contributed by atoms with van der Waals surface area (Å²) in [5.41, 5.74) is 1.23. The smallest absolute Gasteiger partial charge is 0.330 e. The summed E-state index contributed by atoms with van der Waals surface area (Å²) in [5, 5.41) is 9.42. The number of methoxy groups -OCH3 is 1. The molecule has 0 spiro atoms. The van der Waals surface area contributed by atoms with Gasteiger partial charge in [0.05, 0.1) is 19.8 Å². The molecule has 250 valence electrons. The number of nitrogens with one attached hydrogen (secondary N) is 1. The first kappa shape index (κ1) is 35.0. The van der Waals surface area contributed by atoms with E-state index < -0.39 is 35.3 Å².